The number of nitrogens with one attached hydrogen (secondary N) is 1. The Kier molecular flexibility index (Phi) is 29.5. The van der Waals surface area contributed by atoms with Gasteiger partial charge >= 0.3 is 139 Å². The third-order valence-electron chi connectivity index (χ3n) is 7.11. The van der Waals surface area contributed by atoms with Gasteiger partial charge in [-0.15, -0.1) is 19.7 Å². The Bertz CT molecular complexity index is 2340. The Hall–Kier alpha value is 0.0500. The molecule has 322 valence electrons. The van der Waals surface area contributed by atoms with Gasteiger partial charge in [0, 0.05) is 18.8 Å². The molecule has 1 aromatic heterocycles. The summed E-state index contributed by atoms with van der Waals surface area (Å²) < 4.78 is 94.3. The molecule has 0 bridgehead atoms. The van der Waals surface area contributed by atoms with Crippen LogP contribution in [-0.4, -0.2) is 75.0 Å². The maximum absolute atomic E-state index is 14.4. The summed E-state index contributed by atoms with van der Waals surface area (Å²) in [5.41, 5.74) is 10.5. The number of hydrogen-bond donors (Lipinski definition) is 4. The van der Waals surface area contributed by atoms with E-state index < -0.39 is 48.1 Å². The average Bonchev–Trinajstić information content (AvgIpc) is 3.20. The first kappa shape index (κ1) is 60.1. The SMILES string of the molecule is Nc1c(N=Nc2ccc(S(=O)(=O)CCOSOO[O-])cc2)cc(S(=O)(=O)[O-])c(N)c1N=Nc1cc(Nc2nc(F)nc(N3CCOCC3)n2)ccc1SOO[O-].S[I-]I.[Na+].[Na+].[Na+]. The first-order chi connectivity index (χ1) is 28.2. The predicted octanol–water partition coefficient (Wildman–Crippen LogP) is -8.42. The number of nitrogens with two attached hydrogens (primary N) is 2. The zero-order valence-corrected chi connectivity index (χ0v) is 46.6. The van der Waals surface area contributed by atoms with Crippen LogP contribution in [-0.2, 0) is 47.6 Å². The fourth-order valence-electron chi connectivity index (χ4n) is 4.55. The molecule has 0 saturated carbocycles. The fraction of sp³-hybridized carbons (Fsp3) is 0.222. The van der Waals surface area contributed by atoms with E-state index in [-0.39, 0.29) is 174 Å². The van der Waals surface area contributed by atoms with Crippen LogP contribution in [0.5, 0.6) is 0 Å². The van der Waals surface area contributed by atoms with Crippen molar-refractivity contribution < 1.29 is 168 Å². The molecule has 5 N–H and O–H groups in total. The van der Waals surface area contributed by atoms with E-state index in [0.29, 0.717) is 38.3 Å². The van der Waals surface area contributed by atoms with Crippen molar-refractivity contribution in [3.63, 3.8) is 0 Å². The van der Waals surface area contributed by atoms with E-state index >= 15 is 0 Å². The largest absolute Gasteiger partial charge is 1.00 e. The van der Waals surface area contributed by atoms with E-state index in [4.69, 9.17) is 20.4 Å². The summed E-state index contributed by atoms with van der Waals surface area (Å²) in [7, 11) is -5.22. The molecule has 1 aliphatic rings. The molecular weight excluding hydrogens is 1190 g/mol. The fourth-order valence-corrected chi connectivity index (χ4v) is 6.99. The minimum Gasteiger partial charge on any atom is 1.00 e. The number of halogens is 3. The quantitative estimate of drug-likeness (QED) is 0.00687. The topological polar surface area (TPSA) is 348 Å². The number of anilines is 5. The molecular formula is C27H26FI2N11Na3O13S5-. The number of nitrogens with zero attached hydrogens (tertiary/aromatic N) is 8. The molecule has 0 aliphatic carbocycles. The third kappa shape index (κ3) is 19.0. The molecule has 62 heavy (non-hydrogen) atoms. The summed E-state index contributed by atoms with van der Waals surface area (Å²) in [6.07, 6.45) is -1.06. The minimum absolute atomic E-state index is 0. The Labute approximate surface area is 451 Å². The smallest absolute Gasteiger partial charge is 1.00 e. The first-order valence-corrected chi connectivity index (χ1v) is 29.5. The van der Waals surface area contributed by atoms with E-state index in [1.54, 1.807) is 4.90 Å². The molecule has 0 spiro atoms. The van der Waals surface area contributed by atoms with Crippen LogP contribution in [0.3, 0.4) is 0 Å². The zero-order valence-electron chi connectivity index (χ0n) is 32.1. The number of azo groups is 2. The van der Waals surface area contributed by atoms with Crippen molar-refractivity contribution in [1.29, 1.82) is 0 Å². The molecule has 5 rings (SSSR count). The first-order valence-electron chi connectivity index (χ1n) is 15.5. The number of rotatable bonds is 18. The molecule has 1 saturated heterocycles. The number of morpholine rings is 1. The van der Waals surface area contributed by atoms with Gasteiger partial charge in [-0.05, 0) is 48.5 Å². The van der Waals surface area contributed by atoms with Crippen LogP contribution in [0.4, 0.5) is 56.1 Å². The van der Waals surface area contributed by atoms with Crippen LogP contribution in [0.25, 0.3) is 0 Å². The van der Waals surface area contributed by atoms with Gasteiger partial charge in [0.25, 0.3) is 0 Å². The molecule has 0 amide bonds. The van der Waals surface area contributed by atoms with E-state index in [2.05, 4.69) is 87.9 Å². The summed E-state index contributed by atoms with van der Waals surface area (Å²) in [4.78, 5) is 12.4. The third-order valence-corrected chi connectivity index (χ3v) is 10.7. The van der Waals surface area contributed by atoms with E-state index in [1.807, 2.05) is 0 Å². The van der Waals surface area contributed by atoms with Crippen molar-refractivity contribution in [1.82, 2.24) is 15.0 Å². The van der Waals surface area contributed by atoms with Gasteiger partial charge < -0.3 is 41.5 Å². The van der Waals surface area contributed by atoms with Crippen molar-refractivity contribution in [2.24, 2.45) is 20.5 Å². The Morgan fingerprint density at radius 1 is 0.919 bits per heavy atom. The van der Waals surface area contributed by atoms with Gasteiger partial charge in [-0.2, -0.15) is 28.8 Å². The molecule has 0 radical (unpaired) electrons. The summed E-state index contributed by atoms with van der Waals surface area (Å²) in [6.45, 7) is 1.27. The van der Waals surface area contributed by atoms with Gasteiger partial charge in [0.2, 0.25) is 11.9 Å². The van der Waals surface area contributed by atoms with Crippen LogP contribution in [0.15, 0.2) is 83.7 Å². The van der Waals surface area contributed by atoms with Crippen molar-refractivity contribution in [3.05, 3.63) is 54.6 Å². The monoisotopic (exact) mass is 1210 g/mol. The van der Waals surface area contributed by atoms with Crippen LogP contribution >= 0.6 is 52.8 Å². The van der Waals surface area contributed by atoms with Gasteiger partial charge in [0.15, 0.2) is 22.2 Å². The van der Waals surface area contributed by atoms with E-state index in [0.717, 1.165) is 6.07 Å². The van der Waals surface area contributed by atoms with Gasteiger partial charge in [-0.3, -0.25) is 14.3 Å². The predicted molar refractivity (Wildman–Crippen MR) is 209 cm³/mol. The van der Waals surface area contributed by atoms with Gasteiger partial charge in [-0.1, -0.05) is 0 Å². The second kappa shape index (κ2) is 30.4. The molecule has 1 fully saturated rings. The Balaban J connectivity index is 0.00000311. The molecule has 4 aromatic rings. The summed E-state index contributed by atoms with van der Waals surface area (Å²) in [6, 6.07) is 9.87. The van der Waals surface area contributed by atoms with Crippen molar-refractivity contribution >= 4 is 124 Å². The molecule has 0 unspecified atom stereocenters. The van der Waals surface area contributed by atoms with Crippen LogP contribution in [0.2, 0.25) is 0 Å². The number of nitrogen functional groups attached to an aromatic ring is 2. The number of thiol groups is 1. The number of sulfone groups is 1. The Morgan fingerprint density at radius 3 is 2.19 bits per heavy atom. The second-order valence-electron chi connectivity index (χ2n) is 10.7. The molecule has 3 aromatic carbocycles. The second-order valence-corrected chi connectivity index (χ2v) is 23.9. The molecule has 24 nitrogen and oxygen atoms in total. The molecule has 2 heterocycles. The van der Waals surface area contributed by atoms with Crippen LogP contribution in [0, 0.1) is 6.08 Å². The summed E-state index contributed by atoms with van der Waals surface area (Å²) in [5, 5.41) is 45.5. The van der Waals surface area contributed by atoms with Gasteiger partial charge in [0.05, 0.1) is 69.4 Å². The van der Waals surface area contributed by atoms with Crippen LogP contribution in [0.1, 0.15) is 0 Å². The summed E-state index contributed by atoms with van der Waals surface area (Å²) in [5.74, 6) is -0.602. The van der Waals surface area contributed by atoms with Crippen molar-refractivity contribution in [2.45, 2.75) is 14.7 Å². The standard InChI is InChI=1S/C27H28FN11O13S4.HI2S.3Na/c28-25-32-26(34-27(33-25)39-7-9-47-10-8-39)31-16-3-6-20(53-51-49-40)18(13-16)36-38-24-22(29)19(14-21(23(24)30)56(44,45)46)37-35-15-1-4-17(5-2-15)55(42,43)12-11-48-54-52-50-41;1-2-3;;;/h1-6,13-14,40-41H,7-12,29-30H2,(H,44,45,46)(H,31,32,33,34);3H;;;/q;-1;3*+1/p-3. The molecule has 1 aliphatic heterocycles. The van der Waals surface area contributed by atoms with E-state index in [9.17, 15) is 36.3 Å². The minimum atomic E-state index is -5.26. The number of benzene rings is 3. The zero-order chi connectivity index (χ0) is 43.0. The maximum Gasteiger partial charge on any atom is 1.00 e. The summed E-state index contributed by atoms with van der Waals surface area (Å²) >= 11 is 3.08. The van der Waals surface area contributed by atoms with Gasteiger partial charge in [0.1, 0.15) is 27.2 Å². The molecule has 0 atom stereocenters. The molecule has 35 heteroatoms. The van der Waals surface area contributed by atoms with Crippen molar-refractivity contribution in [3.8, 4) is 0 Å². The number of hydrogen-bond acceptors (Lipinski definition) is 27. The maximum atomic E-state index is 14.4. The number of ether oxygens (including phenoxy) is 1. The van der Waals surface area contributed by atoms with Crippen LogP contribution < -0.4 is 137 Å². The van der Waals surface area contributed by atoms with Gasteiger partial charge in [-0.25, -0.2) is 16.8 Å². The van der Waals surface area contributed by atoms with Crippen molar-refractivity contribution in [2.75, 3.05) is 60.3 Å². The van der Waals surface area contributed by atoms with E-state index in [1.165, 1.54) is 42.5 Å². The number of aromatic nitrogens is 3. The average molecular weight is 1210 g/mol. The normalized spacial score (nSPS) is 12.9. The Morgan fingerprint density at radius 2 is 1.56 bits per heavy atom.